The molecule has 5 heteroatoms. The Labute approximate surface area is 132 Å². The quantitative estimate of drug-likeness (QED) is 0.757. The molecule has 0 aliphatic rings. The molecule has 120 valence electrons. The van der Waals surface area contributed by atoms with Crippen molar-refractivity contribution < 1.29 is 13.2 Å². The molecule has 3 aromatic rings. The number of aromatic nitrogens is 1. The molecule has 23 heavy (non-hydrogen) atoms. The maximum Gasteiger partial charge on any atom is 0.150 e. The Hall–Kier alpha value is -2.27. The lowest BCUT2D eigenvalue weighted by Gasteiger charge is -2.10. The molecular weight excluding hydrogens is 301 g/mol. The van der Waals surface area contributed by atoms with E-state index in [1.54, 1.807) is 12.1 Å². The maximum absolute atomic E-state index is 14.1. The van der Waals surface area contributed by atoms with Gasteiger partial charge >= 0.3 is 0 Å². The normalized spacial score (nSPS) is 11.6. The highest BCUT2D eigenvalue weighted by atomic mass is 19.1. The van der Waals surface area contributed by atoms with Crippen LogP contribution >= 0.6 is 0 Å². The number of benzene rings is 2. The third-order valence-electron chi connectivity index (χ3n) is 3.87. The molecule has 0 atom stereocenters. The topological polar surface area (TPSA) is 19.0 Å². The van der Waals surface area contributed by atoms with Crippen LogP contribution in [0.15, 0.2) is 36.4 Å². The van der Waals surface area contributed by atoms with Crippen molar-refractivity contribution >= 4 is 10.9 Å². The van der Waals surface area contributed by atoms with E-state index in [9.17, 15) is 13.2 Å². The van der Waals surface area contributed by atoms with Gasteiger partial charge in [0, 0.05) is 23.7 Å². The first kappa shape index (κ1) is 15.6. The van der Waals surface area contributed by atoms with Gasteiger partial charge in [-0.15, -0.1) is 0 Å². The van der Waals surface area contributed by atoms with Crippen LogP contribution in [0.2, 0.25) is 0 Å². The molecule has 1 N–H and O–H groups in total. The number of aromatic amines is 1. The molecule has 0 amide bonds. The van der Waals surface area contributed by atoms with Crippen molar-refractivity contribution in [1.82, 2.24) is 9.88 Å². The van der Waals surface area contributed by atoms with Crippen LogP contribution in [0.1, 0.15) is 5.56 Å². The lowest BCUT2D eigenvalue weighted by atomic mass is 10.0. The molecular formula is C18H17F3N2. The molecule has 0 fully saturated rings. The van der Waals surface area contributed by atoms with E-state index >= 15 is 0 Å². The summed E-state index contributed by atoms with van der Waals surface area (Å²) in [6.07, 6.45) is 0.628. The molecule has 2 aromatic carbocycles. The number of likely N-dealkylation sites (N-methyl/N-ethyl adjacent to an activating group) is 1. The number of hydrogen-bond acceptors (Lipinski definition) is 1. The molecule has 0 spiro atoms. The van der Waals surface area contributed by atoms with Crippen LogP contribution in [-0.2, 0) is 6.42 Å². The van der Waals surface area contributed by atoms with Crippen molar-refractivity contribution in [3.05, 3.63) is 59.4 Å². The summed E-state index contributed by atoms with van der Waals surface area (Å²) < 4.78 is 40.9. The van der Waals surface area contributed by atoms with Crippen molar-refractivity contribution in [2.24, 2.45) is 0 Å². The summed E-state index contributed by atoms with van der Waals surface area (Å²) in [5.41, 5.74) is 2.56. The van der Waals surface area contributed by atoms with E-state index in [-0.39, 0.29) is 11.3 Å². The molecule has 1 heterocycles. The van der Waals surface area contributed by atoms with E-state index in [1.165, 1.54) is 18.2 Å². The Morgan fingerprint density at radius 3 is 2.30 bits per heavy atom. The number of rotatable bonds is 4. The zero-order chi connectivity index (χ0) is 16.6. The summed E-state index contributed by atoms with van der Waals surface area (Å²) >= 11 is 0. The zero-order valence-corrected chi connectivity index (χ0v) is 13.0. The summed E-state index contributed by atoms with van der Waals surface area (Å²) in [7, 11) is 3.88. The van der Waals surface area contributed by atoms with Crippen LogP contribution in [0.4, 0.5) is 13.2 Å². The van der Waals surface area contributed by atoms with E-state index in [0.717, 1.165) is 23.7 Å². The molecule has 0 saturated carbocycles. The van der Waals surface area contributed by atoms with Crippen LogP contribution in [-0.4, -0.2) is 30.5 Å². The van der Waals surface area contributed by atoms with Crippen LogP contribution in [0.3, 0.4) is 0 Å². The number of halogens is 3. The number of H-pyrrole nitrogens is 1. The maximum atomic E-state index is 14.1. The lowest BCUT2D eigenvalue weighted by molar-refractivity contribution is 0.414. The summed E-state index contributed by atoms with van der Waals surface area (Å²) in [5, 5.41) is 0.531. The fourth-order valence-electron chi connectivity index (χ4n) is 2.73. The van der Waals surface area contributed by atoms with Crippen molar-refractivity contribution in [2.45, 2.75) is 6.42 Å². The first-order chi connectivity index (χ1) is 11.0. The van der Waals surface area contributed by atoms with Crippen LogP contribution in [0.5, 0.6) is 0 Å². The smallest absolute Gasteiger partial charge is 0.150 e. The van der Waals surface area contributed by atoms with Crippen molar-refractivity contribution in [2.75, 3.05) is 20.6 Å². The van der Waals surface area contributed by atoms with Gasteiger partial charge in [0.25, 0.3) is 0 Å². The summed E-state index contributed by atoms with van der Waals surface area (Å²) in [4.78, 5) is 5.04. The van der Waals surface area contributed by atoms with Gasteiger partial charge in [-0.25, -0.2) is 13.2 Å². The Morgan fingerprint density at radius 2 is 1.65 bits per heavy atom. The van der Waals surface area contributed by atoms with Gasteiger partial charge in [0.1, 0.15) is 17.5 Å². The minimum atomic E-state index is -0.625. The fraction of sp³-hybridized carbons (Fsp3) is 0.222. The molecule has 1 aromatic heterocycles. The van der Waals surface area contributed by atoms with Gasteiger partial charge in [-0.05, 0) is 62.0 Å². The highest BCUT2D eigenvalue weighted by molar-refractivity contribution is 5.91. The highest BCUT2D eigenvalue weighted by Crippen LogP contribution is 2.32. The van der Waals surface area contributed by atoms with Crippen LogP contribution in [0, 0.1) is 17.5 Å². The van der Waals surface area contributed by atoms with Crippen molar-refractivity contribution in [1.29, 1.82) is 0 Å². The molecule has 0 unspecified atom stereocenters. The Morgan fingerprint density at radius 1 is 0.957 bits per heavy atom. The van der Waals surface area contributed by atoms with Crippen LogP contribution in [0.25, 0.3) is 22.2 Å². The van der Waals surface area contributed by atoms with E-state index in [1.807, 2.05) is 19.0 Å². The summed E-state index contributed by atoms with van der Waals surface area (Å²) in [6.45, 7) is 0.735. The second-order valence-corrected chi connectivity index (χ2v) is 5.85. The third-order valence-corrected chi connectivity index (χ3v) is 3.87. The number of nitrogens with one attached hydrogen (secondary N) is 1. The van der Waals surface area contributed by atoms with Gasteiger partial charge in [-0.3, -0.25) is 0 Å². The van der Waals surface area contributed by atoms with Gasteiger partial charge in [0.15, 0.2) is 0 Å². The first-order valence-corrected chi connectivity index (χ1v) is 7.36. The molecule has 0 saturated heterocycles. The Balaban J connectivity index is 2.20. The molecule has 0 radical (unpaired) electrons. The Kier molecular flexibility index (Phi) is 4.13. The number of fused-ring (bicyclic) bond motifs is 1. The molecule has 2 nitrogen and oxygen atoms in total. The molecule has 0 aliphatic carbocycles. The highest BCUT2D eigenvalue weighted by Gasteiger charge is 2.17. The predicted octanol–water partition coefficient (Wildman–Crippen LogP) is 4.36. The lowest BCUT2D eigenvalue weighted by Crippen LogP contribution is -2.15. The minimum Gasteiger partial charge on any atom is -0.352 e. The number of hydrogen-bond donors (Lipinski definition) is 1. The monoisotopic (exact) mass is 318 g/mol. The number of nitrogens with zero attached hydrogens (tertiary/aromatic N) is 1. The average molecular weight is 318 g/mol. The third kappa shape index (κ3) is 3.10. The Bertz CT molecular complexity index is 836. The van der Waals surface area contributed by atoms with Crippen LogP contribution < -0.4 is 0 Å². The molecule has 3 rings (SSSR count). The van der Waals surface area contributed by atoms with E-state index < -0.39 is 11.6 Å². The largest absolute Gasteiger partial charge is 0.352 e. The van der Waals surface area contributed by atoms with Gasteiger partial charge < -0.3 is 9.88 Å². The first-order valence-electron chi connectivity index (χ1n) is 7.36. The zero-order valence-electron chi connectivity index (χ0n) is 13.0. The standard InChI is InChI=1S/C18H17F3N2/c1-23(2)8-7-14-15-9-13(20)10-16(21)18(15)22-17(14)11-3-5-12(19)6-4-11/h3-6,9-10,22H,7-8H2,1-2H3. The molecule has 0 aliphatic heterocycles. The van der Waals surface area contributed by atoms with Gasteiger partial charge in [0.2, 0.25) is 0 Å². The summed E-state index contributed by atoms with van der Waals surface area (Å²) in [6, 6.07) is 8.18. The predicted molar refractivity (Wildman–Crippen MR) is 85.9 cm³/mol. The van der Waals surface area contributed by atoms with Gasteiger partial charge in [-0.2, -0.15) is 0 Å². The van der Waals surface area contributed by atoms with Gasteiger partial charge in [-0.1, -0.05) is 0 Å². The van der Waals surface area contributed by atoms with E-state index in [2.05, 4.69) is 4.98 Å². The van der Waals surface area contributed by atoms with Crippen molar-refractivity contribution in [3.63, 3.8) is 0 Å². The SMILES string of the molecule is CN(C)CCc1c(-c2ccc(F)cc2)[nH]c2c(F)cc(F)cc12. The summed E-state index contributed by atoms with van der Waals surface area (Å²) in [5.74, 6) is -1.57. The second kappa shape index (κ2) is 6.08. The van der Waals surface area contributed by atoms with Crippen molar-refractivity contribution in [3.8, 4) is 11.3 Å². The molecule has 0 bridgehead atoms. The van der Waals surface area contributed by atoms with E-state index in [4.69, 9.17) is 0 Å². The van der Waals surface area contributed by atoms with E-state index in [0.29, 0.717) is 17.5 Å². The minimum absolute atomic E-state index is 0.277. The fourth-order valence-corrected chi connectivity index (χ4v) is 2.73. The van der Waals surface area contributed by atoms with Gasteiger partial charge in [0.05, 0.1) is 5.52 Å². The second-order valence-electron chi connectivity index (χ2n) is 5.85. The average Bonchev–Trinajstić information content (AvgIpc) is 2.84.